The third-order valence-corrected chi connectivity index (χ3v) is 9.69. The summed E-state index contributed by atoms with van der Waals surface area (Å²) in [6, 6.07) is 39.7. The maximum Gasteiger partial charge on any atom is 0.220 e. The molecule has 2 aromatic heterocycles. The summed E-state index contributed by atoms with van der Waals surface area (Å²) in [4.78, 5) is 6.73. The van der Waals surface area contributed by atoms with E-state index in [9.17, 15) is 0 Å². The van der Waals surface area contributed by atoms with E-state index in [1.807, 2.05) is 22.7 Å². The monoisotopic (exact) mass is 441 g/mol. The van der Waals surface area contributed by atoms with Gasteiger partial charge in [0.2, 0.25) is 4.21 Å². The van der Waals surface area contributed by atoms with Crippen LogP contribution in [0.5, 0.6) is 0 Å². The van der Waals surface area contributed by atoms with E-state index in [0.717, 1.165) is 0 Å². The van der Waals surface area contributed by atoms with Gasteiger partial charge < -0.3 is 0 Å². The average molecular weight is 442 g/mol. The first-order valence-corrected chi connectivity index (χ1v) is 12.8. The van der Waals surface area contributed by atoms with E-state index >= 15 is 0 Å². The van der Waals surface area contributed by atoms with Crippen molar-refractivity contribution in [2.24, 2.45) is 0 Å². The molecule has 0 spiro atoms. The molecular formula is C27H21S3+. The number of rotatable bonds is 5. The Hall–Kier alpha value is -2.59. The molecular weight excluding hydrogens is 420 g/mol. The molecule has 0 aliphatic carbocycles. The molecule has 0 radical (unpaired) electrons. The van der Waals surface area contributed by atoms with E-state index < -0.39 is 0 Å². The van der Waals surface area contributed by atoms with Gasteiger partial charge >= 0.3 is 0 Å². The maximum absolute atomic E-state index is 2.31. The summed E-state index contributed by atoms with van der Waals surface area (Å²) in [7, 11) is -0.0787. The Morgan fingerprint density at radius 2 is 1.00 bits per heavy atom. The summed E-state index contributed by atoms with van der Waals surface area (Å²) in [5.74, 6) is 0. The number of benzene rings is 3. The molecule has 3 heteroatoms. The predicted octanol–water partition coefficient (Wildman–Crippen LogP) is 8.55. The molecule has 3 aromatic carbocycles. The Labute approximate surface area is 188 Å². The lowest BCUT2D eigenvalue weighted by molar-refractivity contribution is 1.36. The highest BCUT2D eigenvalue weighted by Gasteiger charge is 2.30. The minimum atomic E-state index is -0.0787. The molecule has 5 aromatic rings. The van der Waals surface area contributed by atoms with E-state index in [1.54, 1.807) is 0 Å². The highest BCUT2D eigenvalue weighted by molar-refractivity contribution is 7.99. The Bertz CT molecular complexity index is 1190. The van der Waals surface area contributed by atoms with Gasteiger partial charge in [0.25, 0.3) is 0 Å². The lowest BCUT2D eigenvalue weighted by atomic mass is 10.1. The third-order valence-electron chi connectivity index (χ3n) is 4.93. The summed E-state index contributed by atoms with van der Waals surface area (Å²) < 4.78 is 1.40. The first-order valence-electron chi connectivity index (χ1n) is 9.89. The number of thiophene rings is 2. The van der Waals surface area contributed by atoms with Crippen LogP contribution in [0.4, 0.5) is 0 Å². The van der Waals surface area contributed by atoms with Crippen molar-refractivity contribution in [2.45, 2.75) is 20.9 Å². The minimum absolute atomic E-state index is 0.0787. The fraction of sp³-hybridized carbons (Fsp3) is 0.0370. The second-order valence-corrected chi connectivity index (χ2v) is 11.7. The van der Waals surface area contributed by atoms with Crippen molar-refractivity contribution in [3.63, 3.8) is 0 Å². The standard InChI is InChI=1S/C27H21S3/c1-20-12-17-25(28-20)21-13-15-22(16-14-21)26-18-19-27(29-26)30(23-8-4-2-5-9-23)24-10-6-3-7-11-24/h2-19H,1H3/q+1. The van der Waals surface area contributed by atoms with Gasteiger partial charge in [0.15, 0.2) is 9.79 Å². The molecule has 0 N–H and O–H groups in total. The van der Waals surface area contributed by atoms with Crippen molar-refractivity contribution in [3.05, 3.63) is 114 Å². The normalized spacial score (nSPS) is 11.1. The van der Waals surface area contributed by atoms with Crippen LogP contribution in [0, 0.1) is 6.92 Å². The predicted molar refractivity (Wildman–Crippen MR) is 133 cm³/mol. The summed E-state index contributed by atoms with van der Waals surface area (Å²) in [6.45, 7) is 2.16. The third kappa shape index (κ3) is 4.01. The van der Waals surface area contributed by atoms with Gasteiger partial charge in [-0.05, 0) is 60.5 Å². The van der Waals surface area contributed by atoms with E-state index in [2.05, 4.69) is 116 Å². The second-order valence-electron chi connectivity index (χ2n) is 7.04. The molecule has 0 nitrogen and oxygen atoms in total. The van der Waals surface area contributed by atoms with Crippen LogP contribution in [0.3, 0.4) is 0 Å². The van der Waals surface area contributed by atoms with Crippen molar-refractivity contribution < 1.29 is 0 Å². The van der Waals surface area contributed by atoms with E-state index in [1.165, 1.54) is 39.8 Å². The molecule has 0 saturated heterocycles. The van der Waals surface area contributed by atoms with E-state index in [0.29, 0.717) is 0 Å². The molecule has 0 aliphatic heterocycles. The van der Waals surface area contributed by atoms with Gasteiger partial charge in [0.1, 0.15) is 10.9 Å². The zero-order valence-corrected chi connectivity index (χ0v) is 19.1. The van der Waals surface area contributed by atoms with Gasteiger partial charge in [-0.15, -0.1) is 11.3 Å². The Morgan fingerprint density at radius 1 is 0.500 bits per heavy atom. The summed E-state index contributed by atoms with van der Waals surface area (Å²) >= 11 is 3.75. The zero-order valence-electron chi connectivity index (χ0n) is 16.6. The van der Waals surface area contributed by atoms with Crippen molar-refractivity contribution in [1.29, 1.82) is 0 Å². The highest BCUT2D eigenvalue weighted by atomic mass is 32.2. The van der Waals surface area contributed by atoms with Crippen molar-refractivity contribution in [2.75, 3.05) is 0 Å². The van der Waals surface area contributed by atoms with Crippen molar-refractivity contribution >= 4 is 33.6 Å². The largest absolute Gasteiger partial charge is 0.220 e. The number of hydrogen-bond donors (Lipinski definition) is 0. The van der Waals surface area contributed by atoms with Crippen LogP contribution in [0.1, 0.15) is 4.88 Å². The molecule has 0 amide bonds. The SMILES string of the molecule is Cc1ccc(-c2ccc(-c3ccc([S+](c4ccccc4)c4ccccc4)s3)cc2)s1. The Kier molecular flexibility index (Phi) is 5.58. The van der Waals surface area contributed by atoms with Gasteiger partial charge in [0.05, 0.1) is 0 Å². The first-order chi connectivity index (χ1) is 14.8. The Balaban J connectivity index is 1.49. The van der Waals surface area contributed by atoms with Gasteiger partial charge in [-0.25, -0.2) is 0 Å². The van der Waals surface area contributed by atoms with Crippen LogP contribution in [0.25, 0.3) is 20.9 Å². The smallest absolute Gasteiger partial charge is 0.141 e. The lowest BCUT2D eigenvalue weighted by Gasteiger charge is -2.05. The molecule has 30 heavy (non-hydrogen) atoms. The van der Waals surface area contributed by atoms with Crippen LogP contribution < -0.4 is 0 Å². The van der Waals surface area contributed by atoms with E-state index in [-0.39, 0.29) is 10.9 Å². The molecule has 0 saturated carbocycles. The second kappa shape index (κ2) is 8.65. The fourth-order valence-electron chi connectivity index (χ4n) is 3.45. The van der Waals surface area contributed by atoms with Crippen LogP contribution >= 0.6 is 22.7 Å². The van der Waals surface area contributed by atoms with Crippen LogP contribution in [0.15, 0.2) is 123 Å². The van der Waals surface area contributed by atoms with Gasteiger partial charge in [-0.3, -0.25) is 0 Å². The number of hydrogen-bond acceptors (Lipinski definition) is 2. The maximum atomic E-state index is 2.31. The van der Waals surface area contributed by atoms with Crippen LogP contribution in [0.2, 0.25) is 0 Å². The van der Waals surface area contributed by atoms with Crippen LogP contribution in [-0.4, -0.2) is 0 Å². The highest BCUT2D eigenvalue weighted by Crippen LogP contribution is 2.39. The summed E-state index contributed by atoms with van der Waals surface area (Å²) in [6.07, 6.45) is 0. The fourth-order valence-corrected chi connectivity index (χ4v) is 8.05. The Morgan fingerprint density at radius 3 is 1.50 bits per heavy atom. The topological polar surface area (TPSA) is 0 Å². The molecule has 0 bridgehead atoms. The molecule has 0 aliphatic rings. The lowest BCUT2D eigenvalue weighted by Crippen LogP contribution is -2.02. The zero-order chi connectivity index (χ0) is 20.3. The van der Waals surface area contributed by atoms with Gasteiger partial charge in [0, 0.05) is 20.7 Å². The van der Waals surface area contributed by atoms with Gasteiger partial charge in [-0.2, -0.15) is 0 Å². The molecule has 146 valence electrons. The molecule has 0 atom stereocenters. The van der Waals surface area contributed by atoms with E-state index in [4.69, 9.17) is 0 Å². The molecule has 2 heterocycles. The average Bonchev–Trinajstić information content (AvgIpc) is 3.45. The summed E-state index contributed by atoms with van der Waals surface area (Å²) in [5, 5.41) is 0. The van der Waals surface area contributed by atoms with Crippen molar-refractivity contribution in [3.8, 4) is 20.9 Å². The van der Waals surface area contributed by atoms with Crippen molar-refractivity contribution in [1.82, 2.24) is 0 Å². The molecule has 5 rings (SSSR count). The van der Waals surface area contributed by atoms with Gasteiger partial charge in [-0.1, -0.05) is 72.0 Å². The summed E-state index contributed by atoms with van der Waals surface area (Å²) in [5.41, 5.74) is 2.58. The molecule has 0 fully saturated rings. The number of aryl methyl sites for hydroxylation is 1. The molecule has 0 unspecified atom stereocenters. The first kappa shape index (κ1) is 19.4. The quantitative estimate of drug-likeness (QED) is 0.240. The van der Waals surface area contributed by atoms with Crippen LogP contribution in [-0.2, 0) is 10.9 Å². The minimum Gasteiger partial charge on any atom is -0.141 e.